The molecular weight excluding hydrogens is 268 g/mol. The summed E-state index contributed by atoms with van der Waals surface area (Å²) < 4.78 is 0. The van der Waals surface area contributed by atoms with E-state index in [0.29, 0.717) is 13.1 Å². The van der Waals surface area contributed by atoms with Crippen LogP contribution in [-0.2, 0) is 4.79 Å². The van der Waals surface area contributed by atoms with E-state index in [2.05, 4.69) is 5.32 Å². The van der Waals surface area contributed by atoms with Gasteiger partial charge in [-0.15, -0.1) is 0 Å². The predicted octanol–water partition coefficient (Wildman–Crippen LogP) is -2.77. The number of rotatable bonds is 9. The summed E-state index contributed by atoms with van der Waals surface area (Å²) in [6.07, 6.45) is -7.58. The highest BCUT2D eigenvalue weighted by atomic mass is 16.4. The van der Waals surface area contributed by atoms with Crippen LogP contribution in [0.15, 0.2) is 0 Å². The lowest BCUT2D eigenvalue weighted by Crippen LogP contribution is -2.55. The normalized spacial score (nSPS) is 19.2. The van der Waals surface area contributed by atoms with E-state index in [1.165, 1.54) is 0 Å². The lowest BCUT2D eigenvalue weighted by Gasteiger charge is -2.30. The number of nitrogens with one attached hydrogen (secondary N) is 1. The van der Waals surface area contributed by atoms with Crippen molar-refractivity contribution in [3.05, 3.63) is 0 Å². The maximum Gasteiger partial charge on any atom is 0.252 e. The number of hydrogen-bond donors (Lipinski definition) is 6. The molecule has 8 nitrogen and oxygen atoms in total. The Balaban J connectivity index is 4.54. The van der Waals surface area contributed by atoms with Crippen molar-refractivity contribution in [2.45, 2.75) is 51.4 Å². The van der Waals surface area contributed by atoms with Crippen molar-refractivity contribution in [1.29, 1.82) is 0 Å². The lowest BCUT2D eigenvalue weighted by molar-refractivity contribution is -0.150. The van der Waals surface area contributed by atoms with E-state index in [1.807, 2.05) is 18.7 Å². The van der Waals surface area contributed by atoms with Crippen molar-refractivity contribution in [3.8, 4) is 0 Å². The lowest BCUT2D eigenvalue weighted by atomic mass is 10.0. The molecule has 0 saturated heterocycles. The molecule has 0 aromatic carbocycles. The minimum Gasteiger partial charge on any atom is -0.394 e. The Morgan fingerprint density at radius 3 is 2.00 bits per heavy atom. The third kappa shape index (κ3) is 5.31. The van der Waals surface area contributed by atoms with Crippen LogP contribution in [0.1, 0.15) is 20.8 Å². The number of amides is 1. The van der Waals surface area contributed by atoms with Gasteiger partial charge in [0.25, 0.3) is 5.91 Å². The first-order valence-corrected chi connectivity index (χ1v) is 6.67. The number of nitrogens with zero attached hydrogens (tertiary/aromatic N) is 1. The molecule has 5 atom stereocenters. The van der Waals surface area contributed by atoms with Gasteiger partial charge in [0.05, 0.1) is 12.8 Å². The Morgan fingerprint density at radius 1 is 1.10 bits per heavy atom. The Morgan fingerprint density at radius 2 is 1.60 bits per heavy atom. The molecule has 8 heteroatoms. The van der Waals surface area contributed by atoms with Crippen LogP contribution in [0.2, 0.25) is 0 Å². The molecule has 0 aliphatic rings. The van der Waals surface area contributed by atoms with Gasteiger partial charge in [0.2, 0.25) is 0 Å². The number of hydrogen-bond acceptors (Lipinski definition) is 7. The SMILES string of the molecule is CCN(CC)C(C)NC(=O)C(O)C(O)C(O)C(O)CO. The summed E-state index contributed by atoms with van der Waals surface area (Å²) in [5.41, 5.74) is 0. The van der Waals surface area contributed by atoms with Gasteiger partial charge in [-0.25, -0.2) is 0 Å². The van der Waals surface area contributed by atoms with Crippen molar-refractivity contribution in [1.82, 2.24) is 10.2 Å². The molecular formula is C12H26N2O6. The molecule has 5 unspecified atom stereocenters. The van der Waals surface area contributed by atoms with Crippen LogP contribution in [0.5, 0.6) is 0 Å². The van der Waals surface area contributed by atoms with E-state index >= 15 is 0 Å². The van der Waals surface area contributed by atoms with Gasteiger partial charge in [-0.05, 0) is 20.0 Å². The summed E-state index contributed by atoms with van der Waals surface area (Å²) in [6, 6.07) is 0. The van der Waals surface area contributed by atoms with Crippen LogP contribution in [0.3, 0.4) is 0 Å². The number of aliphatic hydroxyl groups is 5. The monoisotopic (exact) mass is 294 g/mol. The van der Waals surface area contributed by atoms with E-state index in [-0.39, 0.29) is 6.17 Å². The van der Waals surface area contributed by atoms with Crippen LogP contribution in [0.25, 0.3) is 0 Å². The predicted molar refractivity (Wildman–Crippen MR) is 71.6 cm³/mol. The fourth-order valence-electron chi connectivity index (χ4n) is 1.83. The van der Waals surface area contributed by atoms with Gasteiger partial charge in [-0.1, -0.05) is 13.8 Å². The first-order chi connectivity index (χ1) is 9.29. The van der Waals surface area contributed by atoms with Crippen LogP contribution in [0, 0.1) is 0 Å². The molecule has 0 aliphatic heterocycles. The Labute approximate surface area is 118 Å². The van der Waals surface area contributed by atoms with Crippen molar-refractivity contribution in [2.24, 2.45) is 0 Å². The van der Waals surface area contributed by atoms with Gasteiger partial charge >= 0.3 is 0 Å². The van der Waals surface area contributed by atoms with Crippen LogP contribution >= 0.6 is 0 Å². The third-order valence-corrected chi connectivity index (χ3v) is 3.23. The minimum absolute atomic E-state index is 0.348. The highest BCUT2D eigenvalue weighted by molar-refractivity contribution is 5.81. The first kappa shape index (κ1) is 19.2. The van der Waals surface area contributed by atoms with Gasteiger partial charge in [-0.2, -0.15) is 0 Å². The van der Waals surface area contributed by atoms with E-state index in [1.54, 1.807) is 6.92 Å². The quantitative estimate of drug-likeness (QED) is 0.253. The zero-order chi connectivity index (χ0) is 15.9. The number of carbonyl (C=O) groups is 1. The minimum atomic E-state index is -1.90. The Bertz CT molecular complexity index is 287. The maximum absolute atomic E-state index is 11.7. The van der Waals surface area contributed by atoms with Crippen LogP contribution in [0.4, 0.5) is 0 Å². The van der Waals surface area contributed by atoms with Gasteiger partial charge in [-0.3, -0.25) is 9.69 Å². The first-order valence-electron chi connectivity index (χ1n) is 6.67. The number of carbonyl (C=O) groups excluding carboxylic acids is 1. The number of aliphatic hydroxyl groups excluding tert-OH is 5. The van der Waals surface area contributed by atoms with E-state index < -0.39 is 36.9 Å². The molecule has 0 rings (SSSR count). The zero-order valence-electron chi connectivity index (χ0n) is 12.1. The standard InChI is InChI=1S/C12H26N2O6/c1-4-14(5-2)7(3)13-12(20)11(19)10(18)9(17)8(16)6-15/h7-11,15-19H,4-6H2,1-3H3,(H,13,20). The molecule has 0 spiro atoms. The highest BCUT2D eigenvalue weighted by Crippen LogP contribution is 2.06. The molecule has 0 aliphatic carbocycles. The summed E-state index contributed by atoms with van der Waals surface area (Å²) >= 11 is 0. The van der Waals surface area contributed by atoms with Gasteiger partial charge in [0.1, 0.15) is 18.3 Å². The summed E-state index contributed by atoms with van der Waals surface area (Å²) in [7, 11) is 0. The average molecular weight is 294 g/mol. The summed E-state index contributed by atoms with van der Waals surface area (Å²) in [4.78, 5) is 13.7. The van der Waals surface area contributed by atoms with Crippen molar-refractivity contribution < 1.29 is 30.3 Å². The summed E-state index contributed by atoms with van der Waals surface area (Å²) in [5, 5.41) is 49.0. The molecule has 1 amide bonds. The molecule has 0 fully saturated rings. The smallest absolute Gasteiger partial charge is 0.252 e. The van der Waals surface area contributed by atoms with Crippen molar-refractivity contribution in [3.63, 3.8) is 0 Å². The molecule has 0 saturated carbocycles. The maximum atomic E-state index is 11.7. The average Bonchev–Trinajstić information content (AvgIpc) is 2.44. The molecule has 0 radical (unpaired) electrons. The van der Waals surface area contributed by atoms with Crippen molar-refractivity contribution >= 4 is 5.91 Å². The molecule has 0 bridgehead atoms. The second-order valence-electron chi connectivity index (χ2n) is 4.58. The fourth-order valence-corrected chi connectivity index (χ4v) is 1.83. The zero-order valence-corrected chi connectivity index (χ0v) is 12.1. The van der Waals surface area contributed by atoms with E-state index in [0.717, 1.165) is 0 Å². The second-order valence-corrected chi connectivity index (χ2v) is 4.58. The van der Waals surface area contributed by atoms with Gasteiger partial charge < -0.3 is 30.8 Å². The van der Waals surface area contributed by atoms with Crippen LogP contribution < -0.4 is 5.32 Å². The summed E-state index contributed by atoms with van der Waals surface area (Å²) in [6.45, 7) is 6.16. The molecule has 0 aromatic rings. The molecule has 20 heavy (non-hydrogen) atoms. The third-order valence-electron chi connectivity index (χ3n) is 3.23. The largest absolute Gasteiger partial charge is 0.394 e. The molecule has 120 valence electrons. The Hall–Kier alpha value is -0.770. The van der Waals surface area contributed by atoms with Crippen molar-refractivity contribution in [2.75, 3.05) is 19.7 Å². The van der Waals surface area contributed by atoms with Crippen LogP contribution in [-0.4, -0.2) is 86.6 Å². The van der Waals surface area contributed by atoms with E-state index in [4.69, 9.17) is 10.2 Å². The highest BCUT2D eigenvalue weighted by Gasteiger charge is 2.34. The fraction of sp³-hybridized carbons (Fsp3) is 0.917. The molecule has 0 aromatic heterocycles. The van der Waals surface area contributed by atoms with E-state index in [9.17, 15) is 20.1 Å². The topological polar surface area (TPSA) is 133 Å². The second kappa shape index (κ2) is 9.22. The summed E-state index contributed by atoms with van der Waals surface area (Å²) in [5.74, 6) is -0.860. The van der Waals surface area contributed by atoms with Gasteiger partial charge in [0, 0.05) is 0 Å². The molecule has 6 N–H and O–H groups in total. The molecule has 0 heterocycles. The van der Waals surface area contributed by atoms with Gasteiger partial charge in [0.15, 0.2) is 6.10 Å². The Kier molecular flexibility index (Phi) is 8.86.